The summed E-state index contributed by atoms with van der Waals surface area (Å²) in [6.07, 6.45) is 2.00. The van der Waals surface area contributed by atoms with Gasteiger partial charge in [0.25, 0.3) is 5.91 Å². The van der Waals surface area contributed by atoms with E-state index in [0.29, 0.717) is 13.1 Å². The first-order valence-electron chi connectivity index (χ1n) is 9.44. The molecule has 0 bridgehead atoms. The Kier molecular flexibility index (Phi) is 4.29. The number of likely N-dealkylation sites (tertiary alicyclic amines) is 1. The smallest absolute Gasteiger partial charge is 0.271 e. The van der Waals surface area contributed by atoms with E-state index in [1.807, 2.05) is 41.6 Å². The molecule has 0 spiro atoms. The fraction of sp³-hybridized carbons (Fsp3) is 0.333. The van der Waals surface area contributed by atoms with Gasteiger partial charge in [-0.15, -0.1) is 11.3 Å². The molecule has 144 valence electrons. The summed E-state index contributed by atoms with van der Waals surface area (Å²) in [5.74, 6) is -0.151. The fourth-order valence-corrected chi connectivity index (χ4v) is 5.06. The van der Waals surface area contributed by atoms with Crippen molar-refractivity contribution in [3.05, 3.63) is 75.8 Å². The van der Waals surface area contributed by atoms with Gasteiger partial charge >= 0.3 is 0 Å². The molecule has 3 aromatic rings. The van der Waals surface area contributed by atoms with E-state index in [1.54, 1.807) is 23.5 Å². The Morgan fingerprint density at radius 3 is 2.82 bits per heavy atom. The van der Waals surface area contributed by atoms with E-state index in [1.165, 1.54) is 6.07 Å². The number of carbonyl (C=O) groups is 1. The van der Waals surface area contributed by atoms with Crippen molar-refractivity contribution in [3.8, 4) is 0 Å². The van der Waals surface area contributed by atoms with Crippen molar-refractivity contribution in [1.82, 2.24) is 19.4 Å². The Hall–Kier alpha value is -2.51. The number of aryl methyl sites for hydroxylation is 1. The van der Waals surface area contributed by atoms with Gasteiger partial charge in [0, 0.05) is 31.2 Å². The molecule has 2 aromatic heterocycles. The lowest BCUT2D eigenvalue weighted by molar-refractivity contribution is 0.0553. The normalized spacial score (nSPS) is 21.8. The van der Waals surface area contributed by atoms with E-state index in [4.69, 9.17) is 0 Å². The number of hydrogen-bond donors (Lipinski definition) is 0. The van der Waals surface area contributed by atoms with Crippen LogP contribution in [0.2, 0.25) is 0 Å². The van der Waals surface area contributed by atoms with Crippen LogP contribution in [0.15, 0.2) is 48.0 Å². The van der Waals surface area contributed by atoms with Gasteiger partial charge in [0.05, 0.1) is 29.3 Å². The number of thiazole rings is 1. The highest BCUT2D eigenvalue weighted by Crippen LogP contribution is 2.35. The minimum Gasteiger partial charge on any atom is -0.337 e. The van der Waals surface area contributed by atoms with Crippen molar-refractivity contribution in [3.63, 3.8) is 0 Å². The van der Waals surface area contributed by atoms with Crippen LogP contribution in [0.1, 0.15) is 32.8 Å². The molecule has 1 saturated heterocycles. The van der Waals surface area contributed by atoms with E-state index in [-0.39, 0.29) is 23.8 Å². The lowest BCUT2D eigenvalue weighted by Gasteiger charge is -2.38. The van der Waals surface area contributed by atoms with Crippen LogP contribution in [0.25, 0.3) is 0 Å². The van der Waals surface area contributed by atoms with Gasteiger partial charge in [-0.3, -0.25) is 9.69 Å². The lowest BCUT2D eigenvalue weighted by Crippen LogP contribution is -2.49. The molecule has 2 aliphatic rings. The summed E-state index contributed by atoms with van der Waals surface area (Å²) in [4.78, 5) is 22.0. The van der Waals surface area contributed by atoms with Gasteiger partial charge in [-0.1, -0.05) is 12.1 Å². The number of hydrogen-bond acceptors (Lipinski definition) is 4. The standard InChI is InChI=1S/C21H21FN4OS/c1-14-23-17(13-28-14)10-26-20-12-24(9-15-4-2-5-16(22)8-15)11-19(20)25-7-3-6-18(25)21(26)27/h2-8,13,19-20H,9-12H2,1H3/t19-,20+/m0/s1. The third kappa shape index (κ3) is 3.04. The maximum atomic E-state index is 13.6. The fourth-order valence-electron chi connectivity index (χ4n) is 4.46. The maximum absolute atomic E-state index is 13.6. The minimum atomic E-state index is -0.211. The molecule has 7 heteroatoms. The zero-order valence-electron chi connectivity index (χ0n) is 15.6. The predicted molar refractivity (Wildman–Crippen MR) is 106 cm³/mol. The third-order valence-corrected chi connectivity index (χ3v) is 6.47. The summed E-state index contributed by atoms with van der Waals surface area (Å²) < 4.78 is 15.7. The lowest BCUT2D eigenvalue weighted by atomic mass is 10.1. The Bertz CT molecular complexity index is 1030. The van der Waals surface area contributed by atoms with Crippen LogP contribution >= 0.6 is 11.3 Å². The van der Waals surface area contributed by atoms with Crippen LogP contribution < -0.4 is 0 Å². The van der Waals surface area contributed by atoms with Gasteiger partial charge in [-0.2, -0.15) is 0 Å². The second kappa shape index (κ2) is 6.83. The molecule has 1 fully saturated rings. The van der Waals surface area contributed by atoms with Crippen LogP contribution in [-0.2, 0) is 13.1 Å². The van der Waals surface area contributed by atoms with Crippen molar-refractivity contribution >= 4 is 17.2 Å². The van der Waals surface area contributed by atoms with Crippen molar-refractivity contribution in [1.29, 1.82) is 0 Å². The Morgan fingerprint density at radius 2 is 2.04 bits per heavy atom. The highest BCUT2D eigenvalue weighted by atomic mass is 32.1. The monoisotopic (exact) mass is 396 g/mol. The van der Waals surface area contributed by atoms with Crippen molar-refractivity contribution in [2.24, 2.45) is 0 Å². The summed E-state index contributed by atoms with van der Waals surface area (Å²) in [5.41, 5.74) is 2.64. The molecule has 0 unspecified atom stereocenters. The number of carbonyl (C=O) groups excluding carboxylic acids is 1. The van der Waals surface area contributed by atoms with Crippen LogP contribution in [0.3, 0.4) is 0 Å². The first-order chi connectivity index (χ1) is 13.6. The van der Waals surface area contributed by atoms with E-state index in [0.717, 1.165) is 35.0 Å². The zero-order chi connectivity index (χ0) is 19.3. The summed E-state index contributed by atoms with van der Waals surface area (Å²) in [6, 6.07) is 10.9. The summed E-state index contributed by atoms with van der Waals surface area (Å²) in [5, 5.41) is 3.05. The molecule has 2 atom stereocenters. The van der Waals surface area contributed by atoms with Crippen LogP contribution in [0.5, 0.6) is 0 Å². The van der Waals surface area contributed by atoms with Crippen molar-refractivity contribution in [2.75, 3.05) is 13.1 Å². The molecule has 5 rings (SSSR count). The molecule has 0 radical (unpaired) electrons. The van der Waals surface area contributed by atoms with Gasteiger partial charge in [-0.05, 0) is 36.8 Å². The second-order valence-electron chi connectivity index (χ2n) is 7.55. The number of halogens is 1. The van der Waals surface area contributed by atoms with Gasteiger partial charge < -0.3 is 9.47 Å². The Balaban J connectivity index is 1.43. The minimum absolute atomic E-state index is 0.0597. The number of aromatic nitrogens is 2. The molecule has 1 aromatic carbocycles. The third-order valence-electron chi connectivity index (χ3n) is 5.65. The topological polar surface area (TPSA) is 41.4 Å². The molecular weight excluding hydrogens is 375 g/mol. The van der Waals surface area contributed by atoms with E-state index in [9.17, 15) is 9.18 Å². The molecule has 4 heterocycles. The molecule has 28 heavy (non-hydrogen) atoms. The van der Waals surface area contributed by atoms with Crippen molar-refractivity contribution < 1.29 is 9.18 Å². The van der Waals surface area contributed by atoms with Gasteiger partial charge in [0.2, 0.25) is 0 Å². The second-order valence-corrected chi connectivity index (χ2v) is 8.61. The average Bonchev–Trinajstić information content (AvgIpc) is 3.38. The molecule has 0 aliphatic carbocycles. The molecule has 2 aliphatic heterocycles. The maximum Gasteiger partial charge on any atom is 0.271 e. The van der Waals surface area contributed by atoms with Gasteiger partial charge in [0.15, 0.2) is 0 Å². The molecule has 5 nitrogen and oxygen atoms in total. The zero-order valence-corrected chi connectivity index (χ0v) is 16.4. The number of benzene rings is 1. The Morgan fingerprint density at radius 1 is 1.18 bits per heavy atom. The summed E-state index contributed by atoms with van der Waals surface area (Å²) in [7, 11) is 0. The van der Waals surface area contributed by atoms with Crippen LogP contribution in [-0.4, -0.2) is 44.4 Å². The molecule has 0 saturated carbocycles. The molecule has 1 amide bonds. The number of rotatable bonds is 4. The van der Waals surface area contributed by atoms with E-state index >= 15 is 0 Å². The van der Waals surface area contributed by atoms with Crippen LogP contribution in [0.4, 0.5) is 4.39 Å². The van der Waals surface area contributed by atoms with Crippen LogP contribution in [0, 0.1) is 12.7 Å². The number of nitrogens with zero attached hydrogens (tertiary/aromatic N) is 4. The highest BCUT2D eigenvalue weighted by molar-refractivity contribution is 7.09. The largest absolute Gasteiger partial charge is 0.337 e. The SMILES string of the molecule is Cc1nc(CN2C(=O)c3cccn3[C@H]3CN(Cc4cccc(F)c4)C[C@H]32)cs1. The quantitative estimate of drug-likeness (QED) is 0.678. The highest BCUT2D eigenvalue weighted by Gasteiger charge is 2.44. The Labute approximate surface area is 167 Å². The average molecular weight is 396 g/mol. The molecular formula is C21H21FN4OS. The summed E-state index contributed by atoms with van der Waals surface area (Å²) >= 11 is 1.61. The van der Waals surface area contributed by atoms with Gasteiger partial charge in [-0.25, -0.2) is 9.37 Å². The first-order valence-corrected chi connectivity index (χ1v) is 10.3. The predicted octanol–water partition coefficient (Wildman–Crippen LogP) is 3.47. The summed E-state index contributed by atoms with van der Waals surface area (Å²) in [6.45, 7) is 4.80. The van der Waals surface area contributed by atoms with Gasteiger partial charge in [0.1, 0.15) is 11.5 Å². The van der Waals surface area contributed by atoms with E-state index < -0.39 is 0 Å². The van der Waals surface area contributed by atoms with Crippen molar-refractivity contribution in [2.45, 2.75) is 32.1 Å². The van der Waals surface area contributed by atoms with E-state index in [2.05, 4.69) is 14.5 Å². The first kappa shape index (κ1) is 17.6. The number of amides is 1. The molecule has 0 N–H and O–H groups in total. The number of fused-ring (bicyclic) bond motifs is 3.